The van der Waals surface area contributed by atoms with Crippen LogP contribution in [0.4, 0.5) is 0 Å². The molecular weight excluding hydrogens is 480 g/mol. The second-order valence-corrected chi connectivity index (χ2v) is 9.19. The number of rotatable bonds is 8. The van der Waals surface area contributed by atoms with Crippen molar-refractivity contribution < 1.29 is 19.5 Å². The lowest BCUT2D eigenvalue weighted by atomic mass is 10.1. The first-order valence-electron chi connectivity index (χ1n) is 11.8. The molecule has 1 saturated heterocycles. The zero-order valence-corrected chi connectivity index (χ0v) is 22.9. The van der Waals surface area contributed by atoms with E-state index in [4.69, 9.17) is 21.3 Å². The van der Waals surface area contributed by atoms with Gasteiger partial charge in [-0.15, -0.1) is 0 Å². The van der Waals surface area contributed by atoms with Gasteiger partial charge in [-0.25, -0.2) is 0 Å². The van der Waals surface area contributed by atoms with E-state index in [1.165, 1.54) is 31.5 Å². The molecule has 10 nitrogen and oxygen atoms in total. The summed E-state index contributed by atoms with van der Waals surface area (Å²) < 4.78 is 0. The van der Waals surface area contributed by atoms with Gasteiger partial charge in [0.15, 0.2) is 5.78 Å². The lowest BCUT2D eigenvalue weighted by molar-refractivity contribution is -0.129. The van der Waals surface area contributed by atoms with Gasteiger partial charge in [-0.3, -0.25) is 25.3 Å². The van der Waals surface area contributed by atoms with Crippen molar-refractivity contribution in [2.24, 2.45) is 11.5 Å². The number of aldehydes is 1. The number of aryl methyl sites for hydroxylation is 1. The highest BCUT2D eigenvalue weighted by Crippen LogP contribution is 2.24. The Kier molecular flexibility index (Phi) is 21.4. The van der Waals surface area contributed by atoms with Crippen LogP contribution in [0, 0.1) is 17.7 Å². The summed E-state index contributed by atoms with van der Waals surface area (Å²) in [4.78, 5) is 36.1. The molecule has 204 valence electrons. The second kappa shape index (κ2) is 21.7. The number of nitrogens with one attached hydrogen (secondary N) is 3. The summed E-state index contributed by atoms with van der Waals surface area (Å²) in [6.45, 7) is 8.48. The number of hydrogen-bond acceptors (Lipinski definition) is 9. The molecule has 1 amide bonds. The lowest BCUT2D eigenvalue weighted by Gasteiger charge is -2.21. The summed E-state index contributed by atoms with van der Waals surface area (Å²) in [5, 5.41) is 26.5. The smallest absolute Gasteiger partial charge is 0.238 e. The van der Waals surface area contributed by atoms with Gasteiger partial charge in [0, 0.05) is 11.4 Å². The Labute approximate surface area is 219 Å². The summed E-state index contributed by atoms with van der Waals surface area (Å²) in [6.07, 6.45) is 3.74. The molecule has 1 aromatic carbocycles. The number of β-amino-alcohol motifs (C(OH)–C–C–N with tert-alkyl or cyclic N) is 1. The summed E-state index contributed by atoms with van der Waals surface area (Å²) >= 11 is 1.27. The Morgan fingerprint density at radius 1 is 1.36 bits per heavy atom. The predicted molar refractivity (Wildman–Crippen MR) is 148 cm³/mol. The van der Waals surface area contributed by atoms with Crippen LogP contribution in [0.2, 0.25) is 0 Å². The van der Waals surface area contributed by atoms with Crippen LogP contribution >= 0.6 is 11.8 Å². The molecule has 0 radical (unpaired) electrons. The number of carbonyl (C=O) groups is 3. The number of aliphatic hydroxyl groups is 1. The molecule has 1 aliphatic heterocycles. The summed E-state index contributed by atoms with van der Waals surface area (Å²) in [5.74, 6) is -0.446. The average molecular weight is 525 g/mol. The van der Waals surface area contributed by atoms with Gasteiger partial charge < -0.3 is 26.7 Å². The second-order valence-electron chi connectivity index (χ2n) is 8.05. The SMILES string of the molecule is CC=O.CCCCN.Cc1ccccc1SC(=N)CC(=O)[C@@H](C)NC(=O)[C@H]1C[C@H](O)CN1C.N=CN. The molecule has 0 unspecified atom stereocenters. The van der Waals surface area contributed by atoms with Gasteiger partial charge in [0.25, 0.3) is 0 Å². The molecule has 1 fully saturated rings. The third-order valence-corrected chi connectivity index (χ3v) is 5.96. The van der Waals surface area contributed by atoms with Crippen LogP contribution in [0.5, 0.6) is 0 Å². The molecule has 11 heteroatoms. The van der Waals surface area contributed by atoms with Crippen molar-refractivity contribution in [1.29, 1.82) is 10.8 Å². The van der Waals surface area contributed by atoms with Gasteiger partial charge in [-0.05, 0) is 58.8 Å². The van der Waals surface area contributed by atoms with Crippen LogP contribution in [0.15, 0.2) is 29.2 Å². The fourth-order valence-corrected chi connectivity index (χ4v) is 3.88. The first kappa shape index (κ1) is 35.6. The number of unbranched alkanes of at least 4 members (excludes halogenated alkanes) is 1. The van der Waals surface area contributed by atoms with Gasteiger partial charge in [-0.2, -0.15) is 0 Å². The normalized spacial score (nSPS) is 17.0. The molecule has 0 aliphatic carbocycles. The van der Waals surface area contributed by atoms with E-state index in [1.54, 1.807) is 18.9 Å². The minimum Gasteiger partial charge on any atom is -0.392 e. The van der Waals surface area contributed by atoms with Gasteiger partial charge >= 0.3 is 0 Å². The van der Waals surface area contributed by atoms with E-state index < -0.39 is 18.2 Å². The zero-order valence-electron chi connectivity index (χ0n) is 22.1. The minimum atomic E-state index is -0.656. The van der Waals surface area contributed by atoms with Gasteiger partial charge in [0.2, 0.25) is 5.91 Å². The molecule has 0 bridgehead atoms. The monoisotopic (exact) mass is 524 g/mol. The zero-order chi connectivity index (χ0) is 28.1. The highest BCUT2D eigenvalue weighted by atomic mass is 32.2. The number of thioether (sulfide) groups is 1. The van der Waals surface area contributed by atoms with E-state index in [2.05, 4.69) is 18.0 Å². The molecule has 36 heavy (non-hydrogen) atoms. The molecular formula is C25H44N6O4S. The van der Waals surface area contributed by atoms with Crippen LogP contribution in [0.3, 0.4) is 0 Å². The number of likely N-dealkylation sites (N-methyl/N-ethyl adjacent to an activating group) is 1. The largest absolute Gasteiger partial charge is 0.392 e. The van der Waals surface area contributed by atoms with Gasteiger partial charge in [0.05, 0.1) is 36.0 Å². The van der Waals surface area contributed by atoms with Crippen molar-refractivity contribution in [3.05, 3.63) is 29.8 Å². The Morgan fingerprint density at radius 3 is 2.33 bits per heavy atom. The molecule has 8 N–H and O–H groups in total. The molecule has 0 spiro atoms. The van der Waals surface area contributed by atoms with Crippen LogP contribution in [-0.4, -0.2) is 77.7 Å². The third-order valence-electron chi connectivity index (χ3n) is 4.89. The number of nitrogens with two attached hydrogens (primary N) is 2. The van der Waals surface area contributed by atoms with Crippen molar-refractivity contribution in [3.8, 4) is 0 Å². The number of aliphatic hydroxyl groups excluding tert-OH is 1. The molecule has 2 rings (SSSR count). The van der Waals surface area contributed by atoms with Crippen molar-refractivity contribution in [1.82, 2.24) is 10.2 Å². The minimum absolute atomic E-state index is 0.0103. The lowest BCUT2D eigenvalue weighted by Crippen LogP contribution is -2.47. The van der Waals surface area contributed by atoms with E-state index in [1.807, 2.05) is 31.2 Å². The van der Waals surface area contributed by atoms with Crippen LogP contribution in [0.1, 0.15) is 52.0 Å². The Morgan fingerprint density at radius 2 is 1.92 bits per heavy atom. The van der Waals surface area contributed by atoms with Crippen molar-refractivity contribution >= 4 is 41.1 Å². The highest BCUT2D eigenvalue weighted by molar-refractivity contribution is 8.14. The average Bonchev–Trinajstić information content (AvgIpc) is 3.15. The van der Waals surface area contributed by atoms with Gasteiger partial charge in [0.1, 0.15) is 6.29 Å². The molecule has 1 aliphatic rings. The van der Waals surface area contributed by atoms with Crippen molar-refractivity contribution in [3.63, 3.8) is 0 Å². The van der Waals surface area contributed by atoms with E-state index in [-0.39, 0.29) is 23.2 Å². The van der Waals surface area contributed by atoms with E-state index >= 15 is 0 Å². The molecule has 0 saturated carbocycles. The van der Waals surface area contributed by atoms with E-state index in [9.17, 15) is 14.7 Å². The fraction of sp³-hybridized carbons (Fsp3) is 0.560. The fourth-order valence-electron chi connectivity index (χ4n) is 3.02. The first-order chi connectivity index (χ1) is 17.0. The number of benzene rings is 1. The number of nitrogens with zero attached hydrogens (tertiary/aromatic N) is 1. The quantitative estimate of drug-likeness (QED) is 0.129. The molecule has 3 atom stereocenters. The molecule has 0 aromatic heterocycles. The highest BCUT2D eigenvalue weighted by Gasteiger charge is 2.34. The van der Waals surface area contributed by atoms with Crippen molar-refractivity contribution in [2.45, 2.75) is 76.5 Å². The first-order valence-corrected chi connectivity index (χ1v) is 12.7. The number of carbonyl (C=O) groups excluding carboxylic acids is 3. The predicted octanol–water partition coefficient (Wildman–Crippen LogP) is 2.10. The van der Waals surface area contributed by atoms with Crippen LogP contribution < -0.4 is 16.8 Å². The number of ketones is 1. The number of Topliss-reactive ketones (excluding diaryl/α,β-unsaturated/α-hetero) is 1. The maximum absolute atomic E-state index is 12.3. The molecule has 1 heterocycles. The Bertz CT molecular complexity index is 801. The summed E-state index contributed by atoms with van der Waals surface area (Å²) in [7, 11) is 1.78. The Hall–Kier alpha value is -2.60. The van der Waals surface area contributed by atoms with Crippen LogP contribution in [-0.2, 0) is 14.4 Å². The number of hydrogen-bond donors (Lipinski definition) is 6. The topological polar surface area (TPSA) is 186 Å². The Balaban J connectivity index is 0. The number of likely N-dealkylation sites (tertiary alicyclic amines) is 1. The third kappa shape index (κ3) is 16.1. The van der Waals surface area contributed by atoms with Crippen molar-refractivity contribution in [2.75, 3.05) is 20.1 Å². The number of amides is 1. The van der Waals surface area contributed by atoms with E-state index in [0.29, 0.717) is 13.0 Å². The molecule has 1 aromatic rings. The summed E-state index contributed by atoms with van der Waals surface area (Å²) in [5.41, 5.74) is 10.6. The standard InChI is InChI=1S/C18H25N3O3S.C4H11N.C2H4O.CH4N2/c1-11-6-4-5-7-16(11)25-17(19)9-15(23)12(2)20-18(24)14-8-13(22)10-21(14)3;1-2-3-4-5;1-2-3;2-1-3/h4-7,12-14,19,22H,8-10H2,1-3H3,(H,20,24);2-5H2,1H3;2H,1H3;1H,(H3,2,3)/t12-,13+,14-;;;/m1.../s1. The maximum atomic E-state index is 12.3. The maximum Gasteiger partial charge on any atom is 0.238 e. The van der Waals surface area contributed by atoms with Crippen LogP contribution in [0.25, 0.3) is 0 Å². The van der Waals surface area contributed by atoms with E-state index in [0.717, 1.165) is 29.6 Å². The van der Waals surface area contributed by atoms with Gasteiger partial charge in [-0.1, -0.05) is 43.3 Å². The summed E-state index contributed by atoms with van der Waals surface area (Å²) in [6, 6.07) is 6.66.